The highest BCUT2D eigenvalue weighted by atomic mass is 32.1. The minimum absolute atomic E-state index is 0.380. The standard InChI is InChI=1S/C8H15N3S2/c9-8(13)11-6-4-2-1-3-5-10-7-12/h1-6H2,(H3,9,11,13). The van der Waals surface area contributed by atoms with Gasteiger partial charge >= 0.3 is 0 Å². The Kier molecular flexibility index (Phi) is 9.20. The minimum Gasteiger partial charge on any atom is -0.376 e. The lowest BCUT2D eigenvalue weighted by molar-refractivity contribution is 0.639. The Morgan fingerprint density at radius 3 is 2.62 bits per heavy atom. The number of isothiocyanates is 1. The number of thiocarbonyl (C=S) groups is 2. The fourth-order valence-electron chi connectivity index (χ4n) is 0.927. The first-order valence-electron chi connectivity index (χ1n) is 4.34. The normalized spacial score (nSPS) is 8.92. The molecule has 0 spiro atoms. The Morgan fingerprint density at radius 2 is 2.00 bits per heavy atom. The first-order valence-corrected chi connectivity index (χ1v) is 5.16. The molecule has 74 valence electrons. The van der Waals surface area contributed by atoms with Gasteiger partial charge in [-0.15, -0.1) is 0 Å². The van der Waals surface area contributed by atoms with E-state index in [1.165, 1.54) is 12.8 Å². The number of hydrogen-bond acceptors (Lipinski definition) is 3. The average molecular weight is 217 g/mol. The number of aliphatic imine (C=N–C) groups is 1. The Bertz CT molecular complexity index is 182. The molecular weight excluding hydrogens is 202 g/mol. The molecule has 0 unspecified atom stereocenters. The highest BCUT2D eigenvalue weighted by molar-refractivity contribution is 7.80. The lowest BCUT2D eigenvalue weighted by Gasteiger charge is -2.02. The Morgan fingerprint density at radius 1 is 1.31 bits per heavy atom. The summed E-state index contributed by atoms with van der Waals surface area (Å²) in [6.07, 6.45) is 4.51. The molecule has 0 radical (unpaired) electrons. The van der Waals surface area contributed by atoms with Crippen molar-refractivity contribution in [2.75, 3.05) is 13.1 Å². The van der Waals surface area contributed by atoms with Gasteiger partial charge in [0, 0.05) is 13.1 Å². The largest absolute Gasteiger partial charge is 0.376 e. The highest BCUT2D eigenvalue weighted by Crippen LogP contribution is 1.98. The summed E-state index contributed by atoms with van der Waals surface area (Å²) in [6.45, 7) is 1.66. The van der Waals surface area contributed by atoms with Gasteiger partial charge in [0.15, 0.2) is 5.11 Å². The number of nitrogens with two attached hydrogens (primary N) is 1. The van der Waals surface area contributed by atoms with Crippen LogP contribution >= 0.6 is 24.4 Å². The first-order chi connectivity index (χ1) is 6.27. The van der Waals surface area contributed by atoms with Gasteiger partial charge in [-0.2, -0.15) is 0 Å². The third kappa shape index (κ3) is 11.5. The van der Waals surface area contributed by atoms with E-state index in [0.29, 0.717) is 5.11 Å². The van der Waals surface area contributed by atoms with Crippen LogP contribution in [0.3, 0.4) is 0 Å². The number of hydrogen-bond donors (Lipinski definition) is 2. The molecule has 0 aromatic rings. The van der Waals surface area contributed by atoms with E-state index in [0.717, 1.165) is 25.9 Å². The van der Waals surface area contributed by atoms with Crippen LogP contribution in [0.4, 0.5) is 0 Å². The maximum atomic E-state index is 5.26. The van der Waals surface area contributed by atoms with Crippen molar-refractivity contribution in [1.82, 2.24) is 5.32 Å². The number of unbranched alkanes of at least 4 members (excludes halogenated alkanes) is 3. The van der Waals surface area contributed by atoms with Crippen molar-refractivity contribution in [2.24, 2.45) is 10.7 Å². The van der Waals surface area contributed by atoms with Gasteiger partial charge < -0.3 is 11.1 Å². The second-order valence-corrected chi connectivity index (χ2v) is 3.30. The molecule has 0 bridgehead atoms. The predicted molar refractivity (Wildman–Crippen MR) is 63.1 cm³/mol. The van der Waals surface area contributed by atoms with E-state index in [-0.39, 0.29) is 0 Å². The summed E-state index contributed by atoms with van der Waals surface area (Å²) in [4.78, 5) is 3.83. The van der Waals surface area contributed by atoms with Crippen molar-refractivity contribution < 1.29 is 0 Å². The van der Waals surface area contributed by atoms with Crippen molar-refractivity contribution in [1.29, 1.82) is 0 Å². The van der Waals surface area contributed by atoms with E-state index in [9.17, 15) is 0 Å². The number of nitrogens with zero attached hydrogens (tertiary/aromatic N) is 1. The van der Waals surface area contributed by atoms with E-state index in [1.54, 1.807) is 0 Å². The molecule has 3 N–H and O–H groups in total. The molecule has 13 heavy (non-hydrogen) atoms. The summed E-state index contributed by atoms with van der Waals surface area (Å²) in [5.41, 5.74) is 5.26. The predicted octanol–water partition coefficient (Wildman–Crippen LogP) is 1.48. The lowest BCUT2D eigenvalue weighted by atomic mass is 10.2. The molecule has 3 nitrogen and oxygen atoms in total. The minimum atomic E-state index is 0.380. The molecule has 0 aromatic heterocycles. The molecular formula is C8H15N3S2. The quantitative estimate of drug-likeness (QED) is 0.385. The monoisotopic (exact) mass is 217 g/mol. The number of nitrogens with one attached hydrogen (secondary N) is 1. The van der Waals surface area contributed by atoms with Crippen LogP contribution in [0.1, 0.15) is 25.7 Å². The molecule has 0 saturated carbocycles. The summed E-state index contributed by atoms with van der Waals surface area (Å²) in [6, 6.07) is 0. The maximum absolute atomic E-state index is 5.26. The molecule has 5 heteroatoms. The van der Waals surface area contributed by atoms with Gasteiger partial charge in [0.2, 0.25) is 0 Å². The van der Waals surface area contributed by atoms with Crippen molar-refractivity contribution in [3.8, 4) is 0 Å². The molecule has 0 atom stereocenters. The Labute approximate surface area is 89.8 Å². The molecule has 0 rings (SSSR count). The van der Waals surface area contributed by atoms with E-state index in [2.05, 4.69) is 39.9 Å². The fraction of sp³-hybridized carbons (Fsp3) is 0.750. The van der Waals surface area contributed by atoms with Gasteiger partial charge in [-0.05, 0) is 37.3 Å². The van der Waals surface area contributed by atoms with Gasteiger partial charge in [0.05, 0.1) is 5.16 Å². The smallest absolute Gasteiger partial charge is 0.163 e. The molecule has 0 amide bonds. The van der Waals surface area contributed by atoms with Crippen molar-refractivity contribution in [2.45, 2.75) is 25.7 Å². The zero-order valence-electron chi connectivity index (χ0n) is 7.58. The van der Waals surface area contributed by atoms with E-state index in [1.807, 2.05) is 0 Å². The van der Waals surface area contributed by atoms with Crippen molar-refractivity contribution >= 4 is 34.7 Å². The van der Waals surface area contributed by atoms with Crippen LogP contribution in [0, 0.1) is 0 Å². The summed E-state index contributed by atoms with van der Waals surface area (Å²) >= 11 is 9.11. The van der Waals surface area contributed by atoms with E-state index < -0.39 is 0 Å². The lowest BCUT2D eigenvalue weighted by Crippen LogP contribution is -2.29. The average Bonchev–Trinajstić information content (AvgIpc) is 2.09. The molecule has 0 aliphatic rings. The highest BCUT2D eigenvalue weighted by Gasteiger charge is 1.89. The van der Waals surface area contributed by atoms with Crippen LogP contribution in [-0.2, 0) is 0 Å². The van der Waals surface area contributed by atoms with Crippen molar-refractivity contribution in [3.63, 3.8) is 0 Å². The summed E-state index contributed by atoms with van der Waals surface area (Å²) in [5, 5.41) is 5.63. The van der Waals surface area contributed by atoms with Crippen LogP contribution in [0.2, 0.25) is 0 Å². The van der Waals surface area contributed by atoms with Crippen LogP contribution in [0.5, 0.6) is 0 Å². The SMILES string of the molecule is NC(=S)NCCCCCCN=C=S. The second-order valence-electron chi connectivity index (χ2n) is 2.68. The van der Waals surface area contributed by atoms with Crippen LogP contribution in [0.15, 0.2) is 4.99 Å². The van der Waals surface area contributed by atoms with Gasteiger partial charge in [-0.3, -0.25) is 0 Å². The molecule has 0 aliphatic heterocycles. The third-order valence-electron chi connectivity index (χ3n) is 1.56. The maximum Gasteiger partial charge on any atom is 0.163 e. The molecule has 0 fully saturated rings. The summed E-state index contributed by atoms with van der Waals surface area (Å²) < 4.78 is 0. The van der Waals surface area contributed by atoms with Gasteiger partial charge in [0.25, 0.3) is 0 Å². The molecule has 0 aliphatic carbocycles. The van der Waals surface area contributed by atoms with Gasteiger partial charge in [-0.1, -0.05) is 12.8 Å². The van der Waals surface area contributed by atoms with Crippen LogP contribution < -0.4 is 11.1 Å². The zero-order valence-corrected chi connectivity index (χ0v) is 9.22. The number of rotatable bonds is 7. The molecule has 0 saturated heterocycles. The summed E-state index contributed by atoms with van der Waals surface area (Å²) in [7, 11) is 0. The van der Waals surface area contributed by atoms with E-state index in [4.69, 9.17) is 5.73 Å². The topological polar surface area (TPSA) is 50.4 Å². The molecule has 0 heterocycles. The third-order valence-corrected chi connectivity index (χ3v) is 1.83. The first kappa shape index (κ1) is 12.5. The summed E-state index contributed by atoms with van der Waals surface area (Å²) in [5.74, 6) is 0. The fourth-order valence-corrected chi connectivity index (χ4v) is 1.12. The molecule has 0 aromatic carbocycles. The zero-order chi connectivity index (χ0) is 9.94. The van der Waals surface area contributed by atoms with Gasteiger partial charge in [0.1, 0.15) is 0 Å². The van der Waals surface area contributed by atoms with E-state index >= 15 is 0 Å². The van der Waals surface area contributed by atoms with Crippen molar-refractivity contribution in [3.05, 3.63) is 0 Å². The van der Waals surface area contributed by atoms with Crippen LogP contribution in [0.25, 0.3) is 0 Å². The van der Waals surface area contributed by atoms with Gasteiger partial charge in [-0.25, -0.2) is 4.99 Å². The Hall–Kier alpha value is -0.510. The van der Waals surface area contributed by atoms with Crippen LogP contribution in [-0.4, -0.2) is 23.4 Å². The Balaban J connectivity index is 2.99. The second kappa shape index (κ2) is 9.58.